The van der Waals surface area contributed by atoms with Crippen molar-refractivity contribution < 1.29 is 4.42 Å². The van der Waals surface area contributed by atoms with Gasteiger partial charge < -0.3 is 4.42 Å². The minimum atomic E-state index is 0.990. The Labute approximate surface area is 109 Å². The normalized spacial score (nSPS) is 11.9. The van der Waals surface area contributed by atoms with Gasteiger partial charge in [0.25, 0.3) is 0 Å². The molecule has 0 bridgehead atoms. The van der Waals surface area contributed by atoms with E-state index in [1.807, 2.05) is 11.3 Å². The highest BCUT2D eigenvalue weighted by Gasteiger charge is 2.13. The van der Waals surface area contributed by atoms with Gasteiger partial charge in [-0.15, -0.1) is 11.3 Å². The van der Waals surface area contributed by atoms with Crippen LogP contribution >= 0.6 is 11.3 Å². The lowest BCUT2D eigenvalue weighted by Crippen LogP contribution is -1.69. The number of benzene rings is 2. The van der Waals surface area contributed by atoms with Gasteiger partial charge in [0.2, 0.25) is 0 Å². The molecular formula is C16H12OS. The molecule has 2 aromatic heterocycles. The van der Waals surface area contributed by atoms with E-state index in [-0.39, 0.29) is 0 Å². The monoisotopic (exact) mass is 252 g/mol. The molecular weight excluding hydrogens is 240 g/mol. The zero-order valence-corrected chi connectivity index (χ0v) is 11.1. The van der Waals surface area contributed by atoms with Crippen molar-refractivity contribution in [2.45, 2.75) is 13.8 Å². The first-order chi connectivity index (χ1) is 8.72. The second kappa shape index (κ2) is 3.36. The van der Waals surface area contributed by atoms with E-state index in [9.17, 15) is 0 Å². The highest BCUT2D eigenvalue weighted by atomic mass is 32.1. The van der Waals surface area contributed by atoms with Gasteiger partial charge >= 0.3 is 0 Å². The second-order valence-corrected chi connectivity index (χ2v) is 5.91. The number of fused-ring (bicyclic) bond motifs is 5. The topological polar surface area (TPSA) is 13.1 Å². The van der Waals surface area contributed by atoms with Crippen LogP contribution in [0, 0.1) is 13.8 Å². The number of aryl methyl sites for hydroxylation is 2. The molecule has 0 N–H and O–H groups in total. The number of rotatable bonds is 0. The molecule has 2 heterocycles. The third-order valence-corrected chi connectivity index (χ3v) is 4.56. The van der Waals surface area contributed by atoms with Crippen LogP contribution in [-0.2, 0) is 0 Å². The molecule has 4 aromatic rings. The summed E-state index contributed by atoms with van der Waals surface area (Å²) < 4.78 is 8.60. The van der Waals surface area contributed by atoms with Crippen molar-refractivity contribution in [2.24, 2.45) is 0 Å². The molecule has 2 aromatic carbocycles. The van der Waals surface area contributed by atoms with Crippen molar-refractivity contribution in [3.05, 3.63) is 47.5 Å². The van der Waals surface area contributed by atoms with E-state index in [2.05, 4.69) is 50.2 Å². The van der Waals surface area contributed by atoms with Crippen molar-refractivity contribution in [1.82, 2.24) is 0 Å². The number of hydrogen-bond acceptors (Lipinski definition) is 2. The Balaban J connectivity index is 2.25. The van der Waals surface area contributed by atoms with Crippen LogP contribution in [-0.4, -0.2) is 0 Å². The Kier molecular flexibility index (Phi) is 1.90. The van der Waals surface area contributed by atoms with Crippen LogP contribution in [0.2, 0.25) is 0 Å². The largest absolute Gasteiger partial charge is 0.454 e. The highest BCUT2D eigenvalue weighted by Crippen LogP contribution is 2.40. The van der Waals surface area contributed by atoms with Crippen LogP contribution in [0.4, 0.5) is 0 Å². The smallest absolute Gasteiger partial charge is 0.154 e. The van der Waals surface area contributed by atoms with E-state index in [0.29, 0.717) is 0 Å². The predicted molar refractivity (Wildman–Crippen MR) is 78.6 cm³/mol. The van der Waals surface area contributed by atoms with E-state index < -0.39 is 0 Å². The first-order valence-corrected chi connectivity index (χ1v) is 6.86. The van der Waals surface area contributed by atoms with Gasteiger partial charge in [-0.3, -0.25) is 0 Å². The molecule has 1 nitrogen and oxygen atoms in total. The molecule has 0 fully saturated rings. The summed E-state index contributed by atoms with van der Waals surface area (Å²) in [6, 6.07) is 12.9. The molecule has 88 valence electrons. The molecule has 0 amide bonds. The zero-order chi connectivity index (χ0) is 12.3. The van der Waals surface area contributed by atoms with Gasteiger partial charge in [-0.1, -0.05) is 17.7 Å². The molecule has 0 atom stereocenters. The van der Waals surface area contributed by atoms with Crippen molar-refractivity contribution in [2.75, 3.05) is 0 Å². The summed E-state index contributed by atoms with van der Waals surface area (Å²) in [7, 11) is 0. The molecule has 0 aliphatic rings. The van der Waals surface area contributed by atoms with Crippen LogP contribution in [0.1, 0.15) is 11.1 Å². The molecule has 4 rings (SSSR count). The van der Waals surface area contributed by atoms with Gasteiger partial charge in [0.15, 0.2) is 5.58 Å². The third kappa shape index (κ3) is 1.27. The highest BCUT2D eigenvalue weighted by molar-refractivity contribution is 7.26. The summed E-state index contributed by atoms with van der Waals surface area (Å²) in [5.74, 6) is 0. The Bertz CT molecular complexity index is 896. The summed E-state index contributed by atoms with van der Waals surface area (Å²) in [5, 5.41) is 2.47. The van der Waals surface area contributed by atoms with Crippen LogP contribution in [0.3, 0.4) is 0 Å². The lowest BCUT2D eigenvalue weighted by molar-refractivity contribution is 0.673. The molecule has 0 saturated heterocycles. The van der Waals surface area contributed by atoms with Gasteiger partial charge in [0, 0.05) is 15.5 Å². The van der Waals surface area contributed by atoms with Gasteiger partial charge in [-0.25, -0.2) is 0 Å². The van der Waals surface area contributed by atoms with Crippen LogP contribution in [0.25, 0.3) is 31.3 Å². The maximum absolute atomic E-state index is 6.01. The molecule has 0 saturated carbocycles. The Morgan fingerprint density at radius 2 is 1.67 bits per heavy atom. The summed E-state index contributed by atoms with van der Waals surface area (Å²) in [5.41, 5.74) is 4.60. The molecule has 2 heteroatoms. The van der Waals surface area contributed by atoms with Gasteiger partial charge in [-0.05, 0) is 43.7 Å². The van der Waals surface area contributed by atoms with E-state index in [4.69, 9.17) is 4.42 Å². The van der Waals surface area contributed by atoms with Gasteiger partial charge in [0.05, 0.1) is 4.70 Å². The lowest BCUT2D eigenvalue weighted by Gasteiger charge is -1.93. The molecule has 18 heavy (non-hydrogen) atoms. The van der Waals surface area contributed by atoms with Crippen LogP contribution in [0.15, 0.2) is 40.8 Å². The minimum Gasteiger partial charge on any atom is -0.454 e. The van der Waals surface area contributed by atoms with Crippen molar-refractivity contribution in [3.8, 4) is 0 Å². The minimum absolute atomic E-state index is 0.990. The molecule has 0 radical (unpaired) electrons. The maximum atomic E-state index is 6.01. The first-order valence-electron chi connectivity index (χ1n) is 6.04. The average Bonchev–Trinajstić information content (AvgIpc) is 2.84. The van der Waals surface area contributed by atoms with Gasteiger partial charge in [0.1, 0.15) is 5.58 Å². The quantitative estimate of drug-likeness (QED) is 0.407. The number of thiophene rings is 1. The summed E-state index contributed by atoms with van der Waals surface area (Å²) in [6.07, 6.45) is 0. The SMILES string of the molecule is Cc1ccc2c(c1)sc1c3cc(C)ccc3oc21. The Hall–Kier alpha value is -1.80. The van der Waals surface area contributed by atoms with E-state index in [0.717, 1.165) is 11.2 Å². The van der Waals surface area contributed by atoms with E-state index in [1.165, 1.54) is 31.3 Å². The fraction of sp³-hybridized carbons (Fsp3) is 0.125. The van der Waals surface area contributed by atoms with Gasteiger partial charge in [-0.2, -0.15) is 0 Å². The maximum Gasteiger partial charge on any atom is 0.154 e. The second-order valence-electron chi connectivity index (χ2n) is 4.86. The molecule has 0 aliphatic heterocycles. The van der Waals surface area contributed by atoms with Crippen molar-refractivity contribution in [3.63, 3.8) is 0 Å². The fourth-order valence-electron chi connectivity index (χ4n) is 2.48. The zero-order valence-electron chi connectivity index (χ0n) is 10.3. The standard InChI is InChI=1S/C16H12OS/c1-9-4-6-13-12(7-9)16-15(17-13)11-5-3-10(2)8-14(11)18-16/h3-8H,1-2H3. The Morgan fingerprint density at radius 3 is 2.56 bits per heavy atom. The van der Waals surface area contributed by atoms with E-state index in [1.54, 1.807) is 0 Å². The fourth-order valence-corrected chi connectivity index (χ4v) is 3.73. The Morgan fingerprint density at radius 1 is 0.889 bits per heavy atom. The molecule has 0 unspecified atom stereocenters. The number of hydrogen-bond donors (Lipinski definition) is 0. The molecule has 0 aliphatic carbocycles. The summed E-state index contributed by atoms with van der Waals surface area (Å²) in [4.78, 5) is 0. The number of furan rings is 1. The average molecular weight is 252 g/mol. The van der Waals surface area contributed by atoms with Crippen LogP contribution < -0.4 is 0 Å². The predicted octanol–water partition coefficient (Wildman–Crippen LogP) is 5.42. The van der Waals surface area contributed by atoms with E-state index >= 15 is 0 Å². The lowest BCUT2D eigenvalue weighted by atomic mass is 10.1. The molecule has 0 spiro atoms. The summed E-state index contributed by atoms with van der Waals surface area (Å²) >= 11 is 1.83. The first kappa shape index (κ1) is 10.2. The summed E-state index contributed by atoms with van der Waals surface area (Å²) in [6.45, 7) is 4.25. The third-order valence-electron chi connectivity index (χ3n) is 3.39. The van der Waals surface area contributed by atoms with Crippen molar-refractivity contribution in [1.29, 1.82) is 0 Å². The van der Waals surface area contributed by atoms with Crippen molar-refractivity contribution >= 4 is 42.7 Å². The van der Waals surface area contributed by atoms with Crippen LogP contribution in [0.5, 0.6) is 0 Å².